The van der Waals surface area contributed by atoms with Crippen molar-refractivity contribution in [2.24, 2.45) is 0 Å². The van der Waals surface area contributed by atoms with E-state index in [-0.39, 0.29) is 34.5 Å². The Morgan fingerprint density at radius 3 is 0.676 bits per heavy atom. The maximum atomic E-state index is 12.3. The molecule has 0 bridgehead atoms. The van der Waals surface area contributed by atoms with Crippen molar-refractivity contribution in [3.05, 3.63) is 12.1 Å². The molecule has 0 amide bonds. The molecule has 1 rings (SSSR count). The summed E-state index contributed by atoms with van der Waals surface area (Å²) in [5.74, 6) is 1.08. The predicted molar refractivity (Wildman–Crippen MR) is 290 cm³/mol. The molecular formula is C60H113NaO6S. The minimum absolute atomic E-state index is 0. The molecule has 0 aliphatic carbocycles. The van der Waals surface area contributed by atoms with Crippen molar-refractivity contribution in [3.8, 4) is 17.2 Å². The van der Waals surface area contributed by atoms with Crippen molar-refractivity contribution in [3.63, 3.8) is 0 Å². The van der Waals surface area contributed by atoms with Crippen LogP contribution in [-0.4, -0.2) is 32.8 Å². The fourth-order valence-corrected chi connectivity index (χ4v) is 10.0. The number of hydrogen-bond acceptors (Lipinski definition) is 6. The van der Waals surface area contributed by atoms with Gasteiger partial charge in [0.05, 0.1) is 24.7 Å². The average molecular weight is 986 g/mol. The van der Waals surface area contributed by atoms with Gasteiger partial charge in [-0.2, -0.15) is 0 Å². The van der Waals surface area contributed by atoms with Gasteiger partial charge in [-0.1, -0.05) is 310 Å². The van der Waals surface area contributed by atoms with E-state index in [9.17, 15) is 13.0 Å². The number of benzene rings is 1. The zero-order chi connectivity index (χ0) is 48.4. The Hall–Kier alpha value is -0.470. The molecule has 0 saturated heterocycles. The minimum atomic E-state index is -4.71. The zero-order valence-electron chi connectivity index (χ0n) is 46.1. The summed E-state index contributed by atoms with van der Waals surface area (Å²) < 4.78 is 55.9. The van der Waals surface area contributed by atoms with E-state index in [1.807, 2.05) is 0 Å². The van der Waals surface area contributed by atoms with Gasteiger partial charge >= 0.3 is 29.6 Å². The SMILES string of the molecule is CCCCCCCCCCCCCCCCCCOc1cc(S(=O)(=O)[O-])cc(OCCCCCCCCCCCCCCCCCC)c1OCCCCCCCCCCCCCCCCCC.[Na+]. The van der Waals surface area contributed by atoms with E-state index in [0.717, 1.165) is 38.5 Å². The Morgan fingerprint density at radius 1 is 0.309 bits per heavy atom. The second-order valence-electron chi connectivity index (χ2n) is 20.7. The smallest absolute Gasteiger partial charge is 0.744 e. The molecule has 1 aromatic carbocycles. The van der Waals surface area contributed by atoms with Gasteiger partial charge in [-0.15, -0.1) is 0 Å². The molecule has 6 nitrogen and oxygen atoms in total. The summed E-state index contributed by atoms with van der Waals surface area (Å²) in [6.45, 7) is 8.26. The number of rotatable bonds is 55. The number of ether oxygens (including phenoxy) is 3. The molecule has 396 valence electrons. The van der Waals surface area contributed by atoms with Gasteiger partial charge < -0.3 is 18.8 Å². The Bertz CT molecular complexity index is 1220. The van der Waals surface area contributed by atoms with Crippen LogP contribution in [0.5, 0.6) is 17.2 Å². The summed E-state index contributed by atoms with van der Waals surface area (Å²) in [5, 5.41) is 0. The van der Waals surface area contributed by atoms with Crippen LogP contribution in [0.4, 0.5) is 0 Å². The second kappa shape index (κ2) is 52.8. The van der Waals surface area contributed by atoms with Crippen LogP contribution in [-0.2, 0) is 10.1 Å². The van der Waals surface area contributed by atoms with Crippen LogP contribution < -0.4 is 43.8 Å². The Kier molecular flexibility index (Phi) is 52.5. The van der Waals surface area contributed by atoms with Crippen LogP contribution in [0.25, 0.3) is 0 Å². The third-order valence-corrected chi connectivity index (χ3v) is 14.9. The van der Waals surface area contributed by atoms with Crippen LogP contribution in [0.15, 0.2) is 17.0 Å². The molecule has 8 heteroatoms. The first-order valence-electron chi connectivity index (χ1n) is 30.0. The number of hydrogen-bond donors (Lipinski definition) is 0. The third kappa shape index (κ3) is 44.2. The maximum absolute atomic E-state index is 12.3. The summed E-state index contributed by atoms with van der Waals surface area (Å²) in [7, 11) is -4.71. The van der Waals surface area contributed by atoms with E-state index in [2.05, 4.69) is 20.8 Å². The molecular weight excluding hydrogens is 872 g/mol. The monoisotopic (exact) mass is 985 g/mol. The van der Waals surface area contributed by atoms with E-state index >= 15 is 0 Å². The second-order valence-corrected chi connectivity index (χ2v) is 22.0. The van der Waals surface area contributed by atoms with Crippen molar-refractivity contribution >= 4 is 10.1 Å². The van der Waals surface area contributed by atoms with Gasteiger partial charge in [0.1, 0.15) is 10.1 Å². The van der Waals surface area contributed by atoms with E-state index in [4.69, 9.17) is 14.2 Å². The van der Waals surface area contributed by atoms with Crippen LogP contribution >= 0.6 is 0 Å². The van der Waals surface area contributed by atoms with Crippen LogP contribution in [0.3, 0.4) is 0 Å². The summed E-state index contributed by atoms with van der Waals surface area (Å²) in [6.07, 6.45) is 62.7. The Labute approximate surface area is 447 Å². The molecule has 0 unspecified atom stereocenters. The molecule has 0 aromatic heterocycles. The van der Waals surface area contributed by atoms with Gasteiger partial charge in [-0.25, -0.2) is 8.42 Å². The fourth-order valence-electron chi connectivity index (χ4n) is 9.54. The van der Waals surface area contributed by atoms with Crippen LogP contribution in [0, 0.1) is 0 Å². The van der Waals surface area contributed by atoms with Gasteiger partial charge in [0.25, 0.3) is 0 Å². The molecule has 0 fully saturated rings. The van der Waals surface area contributed by atoms with E-state index in [1.54, 1.807) is 0 Å². The van der Waals surface area contributed by atoms with Gasteiger partial charge in [-0.05, 0) is 19.3 Å². The summed E-state index contributed by atoms with van der Waals surface area (Å²) in [6, 6.07) is 2.72. The van der Waals surface area contributed by atoms with Gasteiger partial charge in [-0.3, -0.25) is 0 Å². The van der Waals surface area contributed by atoms with Crippen molar-refractivity contribution in [1.82, 2.24) is 0 Å². The van der Waals surface area contributed by atoms with Crippen LogP contribution in [0.2, 0.25) is 0 Å². The quantitative estimate of drug-likeness (QED) is 0.0367. The van der Waals surface area contributed by atoms with Crippen molar-refractivity contribution in [2.45, 2.75) is 334 Å². The first-order valence-corrected chi connectivity index (χ1v) is 31.4. The predicted octanol–water partition coefficient (Wildman–Crippen LogP) is 17.5. The summed E-state index contributed by atoms with van der Waals surface area (Å²) in [4.78, 5) is -0.314. The Balaban J connectivity index is 0.0000449. The Morgan fingerprint density at radius 2 is 0.485 bits per heavy atom. The third-order valence-electron chi connectivity index (χ3n) is 14.0. The first kappa shape index (κ1) is 67.5. The van der Waals surface area contributed by atoms with Gasteiger partial charge in [0.15, 0.2) is 11.5 Å². The number of unbranched alkanes of at least 4 members (excludes halogenated alkanes) is 45. The van der Waals surface area contributed by atoms with Crippen LogP contribution in [0.1, 0.15) is 329 Å². The molecule has 0 radical (unpaired) electrons. The topological polar surface area (TPSA) is 84.9 Å². The normalized spacial score (nSPS) is 11.6. The molecule has 1 aromatic rings. The molecule has 0 saturated carbocycles. The van der Waals surface area contributed by atoms with Crippen molar-refractivity contribution < 1.29 is 56.7 Å². The first-order chi connectivity index (χ1) is 32.9. The molecule has 0 atom stereocenters. The minimum Gasteiger partial charge on any atom is -0.744 e. The van der Waals surface area contributed by atoms with Gasteiger partial charge in [0, 0.05) is 12.1 Å². The molecule has 0 aliphatic heterocycles. The van der Waals surface area contributed by atoms with E-state index in [0.29, 0.717) is 37.1 Å². The van der Waals surface area contributed by atoms with Crippen molar-refractivity contribution in [2.75, 3.05) is 19.8 Å². The maximum Gasteiger partial charge on any atom is 1.00 e. The van der Waals surface area contributed by atoms with E-state index < -0.39 is 10.1 Å². The molecule has 0 spiro atoms. The zero-order valence-corrected chi connectivity index (χ0v) is 48.9. The van der Waals surface area contributed by atoms with Gasteiger partial charge in [0.2, 0.25) is 5.75 Å². The largest absolute Gasteiger partial charge is 1.00 e. The van der Waals surface area contributed by atoms with E-state index in [1.165, 1.54) is 282 Å². The molecule has 68 heavy (non-hydrogen) atoms. The molecule has 0 heterocycles. The molecule has 0 N–H and O–H groups in total. The average Bonchev–Trinajstić information content (AvgIpc) is 3.32. The summed E-state index contributed by atoms with van der Waals surface area (Å²) >= 11 is 0. The van der Waals surface area contributed by atoms with Crippen molar-refractivity contribution in [1.29, 1.82) is 0 Å². The standard InChI is InChI=1S/C60H114O6S.Na/c1-4-7-10-13-16-19-22-25-28-31-34-37-40-43-46-49-52-64-58-55-57(67(61,62)63)56-59(65-53-50-47-44-41-38-35-32-29-26-23-20-17-14-11-8-5-2)60(58)66-54-51-48-45-42-39-36-33-30-27-24-21-18-15-12-9-6-3;/h55-56H,4-54H2,1-3H3,(H,61,62,63);/q;+1/p-1. The molecule has 0 aliphatic rings. The fraction of sp³-hybridized carbons (Fsp3) is 0.900. The summed E-state index contributed by atoms with van der Waals surface area (Å²) in [5.41, 5.74) is 0.